The maximum Gasteiger partial charge on any atom is 0.320 e. The predicted octanol–water partition coefficient (Wildman–Crippen LogP) is 3.17. The number of aromatic nitrogens is 1. The molecule has 0 amide bonds. The molecule has 0 saturated carbocycles. The first-order valence-electron chi connectivity index (χ1n) is 7.12. The summed E-state index contributed by atoms with van der Waals surface area (Å²) in [5.74, 6) is -0.721. The average molecular weight is 302 g/mol. The summed E-state index contributed by atoms with van der Waals surface area (Å²) in [6.07, 6.45) is 1.69. The van der Waals surface area contributed by atoms with Crippen LogP contribution in [0.25, 0.3) is 10.6 Å². The Morgan fingerprint density at radius 3 is 2.90 bits per heavy atom. The molecular weight excluding hydrogens is 284 g/mol. The van der Waals surface area contributed by atoms with E-state index < -0.39 is 5.97 Å². The third-order valence-electron chi connectivity index (χ3n) is 3.86. The molecule has 5 heteroatoms. The fraction of sp³-hybridized carbons (Fsp3) is 0.375. The molecule has 4 nitrogen and oxygen atoms in total. The van der Waals surface area contributed by atoms with E-state index >= 15 is 0 Å². The van der Waals surface area contributed by atoms with Gasteiger partial charge in [0.15, 0.2) is 0 Å². The van der Waals surface area contributed by atoms with Gasteiger partial charge < -0.3 is 5.11 Å². The number of benzene rings is 1. The average Bonchev–Trinajstić information content (AvgIpc) is 3.09. The third-order valence-corrected chi connectivity index (χ3v) is 4.80. The number of carboxylic acids is 1. The molecule has 21 heavy (non-hydrogen) atoms. The van der Waals surface area contributed by atoms with Gasteiger partial charge >= 0.3 is 5.97 Å². The minimum Gasteiger partial charge on any atom is -0.480 e. The molecule has 0 aliphatic carbocycles. The van der Waals surface area contributed by atoms with Gasteiger partial charge in [0.2, 0.25) is 0 Å². The zero-order valence-electron chi connectivity index (χ0n) is 12.0. The van der Waals surface area contributed by atoms with Crippen molar-refractivity contribution in [3.8, 4) is 10.6 Å². The van der Waals surface area contributed by atoms with Crippen molar-refractivity contribution in [1.82, 2.24) is 9.88 Å². The lowest BCUT2D eigenvalue weighted by molar-refractivity contribution is -0.142. The van der Waals surface area contributed by atoms with E-state index in [-0.39, 0.29) is 6.04 Å². The highest BCUT2D eigenvalue weighted by molar-refractivity contribution is 7.13. The maximum atomic E-state index is 11.2. The molecule has 3 rings (SSSR count). The summed E-state index contributed by atoms with van der Waals surface area (Å²) >= 11 is 1.62. The number of hydrogen-bond donors (Lipinski definition) is 1. The van der Waals surface area contributed by atoms with E-state index in [1.54, 1.807) is 11.3 Å². The fourth-order valence-electron chi connectivity index (χ4n) is 2.71. The molecule has 2 heterocycles. The van der Waals surface area contributed by atoms with Crippen LogP contribution in [0, 0.1) is 6.92 Å². The van der Waals surface area contributed by atoms with E-state index in [1.165, 1.54) is 5.56 Å². The Bertz CT molecular complexity index is 636. The smallest absolute Gasteiger partial charge is 0.320 e. The molecule has 2 aromatic rings. The molecular formula is C16H18N2O2S. The lowest BCUT2D eigenvalue weighted by Crippen LogP contribution is -2.35. The van der Waals surface area contributed by atoms with Crippen LogP contribution in [0.3, 0.4) is 0 Å². The van der Waals surface area contributed by atoms with Crippen LogP contribution >= 0.6 is 11.3 Å². The van der Waals surface area contributed by atoms with Gasteiger partial charge in [0, 0.05) is 17.5 Å². The number of aliphatic carboxylic acids is 1. The number of hydrogen-bond acceptors (Lipinski definition) is 4. The van der Waals surface area contributed by atoms with Gasteiger partial charge in [0.05, 0.1) is 5.69 Å². The molecule has 110 valence electrons. The van der Waals surface area contributed by atoms with Crippen LogP contribution in [-0.4, -0.2) is 33.5 Å². The summed E-state index contributed by atoms with van der Waals surface area (Å²) in [5.41, 5.74) is 3.31. The van der Waals surface area contributed by atoms with E-state index in [0.29, 0.717) is 6.54 Å². The lowest BCUT2D eigenvalue weighted by Gasteiger charge is -2.19. The number of likely N-dealkylation sites (tertiary alicyclic amines) is 1. The van der Waals surface area contributed by atoms with E-state index in [0.717, 1.165) is 35.7 Å². The summed E-state index contributed by atoms with van der Waals surface area (Å²) in [5, 5.41) is 12.2. The van der Waals surface area contributed by atoms with E-state index in [1.807, 2.05) is 10.3 Å². The van der Waals surface area contributed by atoms with Gasteiger partial charge in [-0.15, -0.1) is 11.3 Å². The number of aryl methyl sites for hydroxylation is 1. The van der Waals surface area contributed by atoms with Crippen LogP contribution in [0.15, 0.2) is 29.6 Å². The number of thiazole rings is 1. The molecule has 0 bridgehead atoms. The molecule has 0 unspecified atom stereocenters. The Hall–Kier alpha value is -1.72. The zero-order valence-corrected chi connectivity index (χ0v) is 12.8. The van der Waals surface area contributed by atoms with Gasteiger partial charge in [0.1, 0.15) is 11.0 Å². The SMILES string of the molecule is Cc1ccc(-c2nc(CN3CCC[C@@H]3C(=O)O)cs2)cc1. The number of carboxylic acid groups (broad SMARTS) is 1. The molecule has 0 radical (unpaired) electrons. The quantitative estimate of drug-likeness (QED) is 0.942. The number of nitrogens with zero attached hydrogens (tertiary/aromatic N) is 2. The third kappa shape index (κ3) is 3.14. The van der Waals surface area contributed by atoms with Crippen molar-refractivity contribution in [3.63, 3.8) is 0 Å². The Balaban J connectivity index is 1.73. The summed E-state index contributed by atoms with van der Waals surface area (Å²) < 4.78 is 0. The first kappa shape index (κ1) is 14.2. The molecule has 1 aliphatic heterocycles. The van der Waals surface area contributed by atoms with Gasteiger partial charge in [-0.3, -0.25) is 9.69 Å². The minimum absolute atomic E-state index is 0.352. The van der Waals surface area contributed by atoms with E-state index in [9.17, 15) is 9.90 Å². The molecule has 1 atom stereocenters. The molecule has 1 N–H and O–H groups in total. The molecule has 1 aliphatic rings. The highest BCUT2D eigenvalue weighted by Crippen LogP contribution is 2.26. The Kier molecular flexibility index (Phi) is 4.03. The fourth-order valence-corrected chi connectivity index (χ4v) is 3.53. The van der Waals surface area contributed by atoms with Crippen LogP contribution in [0.4, 0.5) is 0 Å². The summed E-state index contributed by atoms with van der Waals surface area (Å²) in [6, 6.07) is 7.96. The van der Waals surface area contributed by atoms with Crippen molar-refractivity contribution in [2.24, 2.45) is 0 Å². The van der Waals surface area contributed by atoms with Crippen molar-refractivity contribution in [1.29, 1.82) is 0 Å². The summed E-state index contributed by atoms with van der Waals surface area (Å²) in [7, 11) is 0. The van der Waals surface area contributed by atoms with Gasteiger partial charge in [-0.25, -0.2) is 4.98 Å². The second-order valence-electron chi connectivity index (χ2n) is 5.48. The molecule has 1 aromatic heterocycles. The van der Waals surface area contributed by atoms with E-state index in [2.05, 4.69) is 36.2 Å². The second kappa shape index (κ2) is 5.95. The van der Waals surface area contributed by atoms with Crippen LogP contribution in [0.2, 0.25) is 0 Å². The molecule has 0 spiro atoms. The molecule has 1 aromatic carbocycles. The number of rotatable bonds is 4. The Labute approximate surface area is 128 Å². The summed E-state index contributed by atoms with van der Waals surface area (Å²) in [4.78, 5) is 17.9. The van der Waals surface area contributed by atoms with Crippen molar-refractivity contribution in [3.05, 3.63) is 40.9 Å². The standard InChI is InChI=1S/C16H18N2O2S/c1-11-4-6-12(7-5-11)15-17-13(10-21-15)9-18-8-2-3-14(18)16(19)20/h4-7,10,14H,2-3,8-9H2,1H3,(H,19,20)/t14-/m1/s1. The van der Waals surface area contributed by atoms with Crippen LogP contribution in [0.5, 0.6) is 0 Å². The van der Waals surface area contributed by atoms with Crippen molar-refractivity contribution in [2.75, 3.05) is 6.54 Å². The predicted molar refractivity (Wildman–Crippen MR) is 83.4 cm³/mol. The second-order valence-corrected chi connectivity index (χ2v) is 6.33. The van der Waals surface area contributed by atoms with Crippen molar-refractivity contribution < 1.29 is 9.90 Å². The van der Waals surface area contributed by atoms with Crippen LogP contribution < -0.4 is 0 Å². The largest absolute Gasteiger partial charge is 0.480 e. The van der Waals surface area contributed by atoms with E-state index in [4.69, 9.17) is 0 Å². The molecule has 1 fully saturated rings. The highest BCUT2D eigenvalue weighted by atomic mass is 32.1. The highest BCUT2D eigenvalue weighted by Gasteiger charge is 2.30. The van der Waals surface area contributed by atoms with Crippen molar-refractivity contribution >= 4 is 17.3 Å². The zero-order chi connectivity index (χ0) is 14.8. The first-order valence-corrected chi connectivity index (χ1v) is 8.00. The topological polar surface area (TPSA) is 53.4 Å². The monoisotopic (exact) mass is 302 g/mol. The lowest BCUT2D eigenvalue weighted by atomic mass is 10.2. The van der Waals surface area contributed by atoms with Gasteiger partial charge in [-0.05, 0) is 26.3 Å². The van der Waals surface area contributed by atoms with Gasteiger partial charge in [-0.2, -0.15) is 0 Å². The van der Waals surface area contributed by atoms with Crippen molar-refractivity contribution in [2.45, 2.75) is 32.4 Å². The van der Waals surface area contributed by atoms with Gasteiger partial charge in [0.25, 0.3) is 0 Å². The summed E-state index contributed by atoms with van der Waals surface area (Å²) in [6.45, 7) is 3.53. The normalized spacial score (nSPS) is 19.0. The Morgan fingerprint density at radius 2 is 2.19 bits per heavy atom. The minimum atomic E-state index is -0.721. The maximum absolute atomic E-state index is 11.2. The molecule has 1 saturated heterocycles. The first-order chi connectivity index (χ1) is 10.1. The van der Waals surface area contributed by atoms with Crippen LogP contribution in [0.1, 0.15) is 24.1 Å². The van der Waals surface area contributed by atoms with Gasteiger partial charge in [-0.1, -0.05) is 29.8 Å². The Morgan fingerprint density at radius 1 is 1.43 bits per heavy atom. The number of carbonyl (C=O) groups is 1. The van der Waals surface area contributed by atoms with Crippen LogP contribution in [-0.2, 0) is 11.3 Å².